The number of hydrogen-bond donors (Lipinski definition) is 3. The fraction of sp³-hybridized carbons (Fsp3) is 0.380. The van der Waals surface area contributed by atoms with E-state index in [9.17, 15) is 22.0 Å². The minimum atomic E-state index is -3.41. The van der Waals surface area contributed by atoms with E-state index in [1.54, 1.807) is 54.6 Å². The van der Waals surface area contributed by atoms with E-state index < -0.39 is 22.4 Å². The Balaban J connectivity index is 0.000000138. The number of sulfonamides is 1. The van der Waals surface area contributed by atoms with E-state index in [0.29, 0.717) is 80.2 Å². The first-order valence-corrected chi connectivity index (χ1v) is 38.9. The molecule has 1 saturated carbocycles. The molecule has 1 aliphatic carbocycles. The SMILES string of the molecule is CC(=O)N1CCC(CNc2nc(-c3cccc(-c4cnn(C)c4)c3)ncc2-c2cnn(C)c2)C(F)C1.Cn1cc(-c2cccc(-c3ncc(-c4cnn(C)c4)c(NC4CCC(N5CCOCC5)CC4)n3)c2)cn1.Cn1cc(-c2cccc(-c3ncc(-c4cnn(C)c4)c(NCC4CCN(S(C)(=O)=O)CC4F)n3)c2)cn1. The number of anilines is 3. The highest BCUT2D eigenvalue weighted by Crippen LogP contribution is 2.37. The number of aromatic nitrogens is 18. The molecule has 28 nitrogen and oxygen atoms in total. The zero-order chi connectivity index (χ0) is 76.6. The first kappa shape index (κ1) is 75.5. The maximum atomic E-state index is 14.9. The Kier molecular flexibility index (Phi) is 23.1. The van der Waals surface area contributed by atoms with Crippen molar-refractivity contribution >= 4 is 33.4 Å². The summed E-state index contributed by atoms with van der Waals surface area (Å²) in [6, 6.07) is 25.3. The second kappa shape index (κ2) is 33.7. The third-order valence-electron chi connectivity index (χ3n) is 20.8. The van der Waals surface area contributed by atoms with Gasteiger partial charge in [-0.15, -0.1) is 0 Å². The van der Waals surface area contributed by atoms with Gasteiger partial charge in [0.05, 0.1) is 63.2 Å². The molecule has 3 N–H and O–H groups in total. The van der Waals surface area contributed by atoms with E-state index in [-0.39, 0.29) is 30.8 Å². The summed E-state index contributed by atoms with van der Waals surface area (Å²) >= 11 is 0. The molecule has 4 fully saturated rings. The van der Waals surface area contributed by atoms with Gasteiger partial charge in [0.15, 0.2) is 17.5 Å². The lowest BCUT2D eigenvalue weighted by Crippen LogP contribution is -2.46. The van der Waals surface area contributed by atoms with Gasteiger partial charge in [0, 0.05) is 241 Å². The van der Waals surface area contributed by atoms with Crippen molar-refractivity contribution in [2.45, 2.75) is 69.9 Å². The first-order valence-electron chi connectivity index (χ1n) is 37.1. The maximum absolute atomic E-state index is 14.9. The van der Waals surface area contributed by atoms with Gasteiger partial charge in [-0.25, -0.2) is 47.1 Å². The lowest BCUT2D eigenvalue weighted by molar-refractivity contribution is -0.131. The molecule has 4 atom stereocenters. The van der Waals surface area contributed by atoms with Gasteiger partial charge in [0.1, 0.15) is 29.8 Å². The Bertz CT molecular complexity index is 5270. The van der Waals surface area contributed by atoms with Crippen LogP contribution in [0, 0.1) is 11.8 Å². The molecule has 3 aliphatic heterocycles. The van der Waals surface area contributed by atoms with Crippen molar-refractivity contribution in [3.63, 3.8) is 0 Å². The van der Waals surface area contributed by atoms with Crippen molar-refractivity contribution < 1.29 is 26.7 Å². The number of halogens is 2. The van der Waals surface area contributed by atoms with Crippen LogP contribution in [0.2, 0.25) is 0 Å². The number of carbonyl (C=O) groups is 1. The minimum absolute atomic E-state index is 0.0862. The largest absolute Gasteiger partial charge is 0.379 e. The molecule has 0 radical (unpaired) electrons. The van der Waals surface area contributed by atoms with Crippen LogP contribution < -0.4 is 16.0 Å². The minimum Gasteiger partial charge on any atom is -0.379 e. The standard InChI is InChI=1S/C28H34N8O.C26H29FN8O.C25H29FN8O2S/c1-34-18-22(15-30-34)20-4-3-5-21(14-20)27-29-17-26(23-16-31-35(2)19-23)28(33-27)32-24-6-8-25(9-7-24)36-10-12-37-13-11-36;1-17(36)35-8-7-20(24(27)16-35)10-28-26-23(22-12-31-34(3)15-22)13-29-25(32-26)19-6-4-5-18(9-19)21-11-30-33(2)14-21;1-32-14-20(11-29-32)17-5-4-6-18(9-17)24-28-13-22(21-12-30-33(2)15-21)25(31-24)27-10-19-7-8-34(16-23(19)26)37(3,35)36/h3-5,14-19,24-25H,6-13H2,1-2H3,(H,29,32,33);4-6,9,11-15,20,24H,7-8,10,16H2,1-3H3,(H,28,29,32);4-6,9,11-15,19,23H,7-8,10,16H2,1-3H3,(H,27,28,31). The monoisotopic (exact) mass is 1510 g/mol. The van der Waals surface area contributed by atoms with Gasteiger partial charge in [0.25, 0.3) is 0 Å². The highest BCUT2D eigenvalue weighted by atomic mass is 32.2. The molecule has 31 heteroatoms. The third-order valence-corrected chi connectivity index (χ3v) is 22.1. The van der Waals surface area contributed by atoms with Crippen LogP contribution in [0.25, 0.3) is 101 Å². The molecule has 0 spiro atoms. The molecule has 1 amide bonds. The molecule has 16 rings (SSSR count). The Labute approximate surface area is 638 Å². The van der Waals surface area contributed by atoms with Crippen LogP contribution in [0.5, 0.6) is 0 Å². The van der Waals surface area contributed by atoms with Gasteiger partial charge in [-0.3, -0.25) is 37.8 Å². The Hall–Kier alpha value is -11.3. The summed E-state index contributed by atoms with van der Waals surface area (Å²) in [6.07, 6.45) is 32.5. The molecule has 12 heterocycles. The molecule has 3 aromatic carbocycles. The quantitative estimate of drug-likeness (QED) is 0.0678. The molecule has 4 aliphatic rings. The molecule has 4 unspecified atom stereocenters. The summed E-state index contributed by atoms with van der Waals surface area (Å²) in [5.74, 6) is 3.24. The van der Waals surface area contributed by atoms with Crippen LogP contribution in [0.4, 0.5) is 26.2 Å². The van der Waals surface area contributed by atoms with Crippen molar-refractivity contribution in [3.8, 4) is 101 Å². The van der Waals surface area contributed by atoms with Crippen molar-refractivity contribution in [1.82, 2.24) is 103 Å². The number of aryl methyl sites for hydroxylation is 6. The average Bonchev–Trinajstić information content (AvgIpc) is 1.65. The van der Waals surface area contributed by atoms with Gasteiger partial charge < -0.3 is 25.6 Å². The van der Waals surface area contributed by atoms with Gasteiger partial charge in [-0.1, -0.05) is 54.6 Å². The zero-order valence-corrected chi connectivity index (χ0v) is 63.9. The Morgan fingerprint density at radius 1 is 0.455 bits per heavy atom. The Morgan fingerprint density at radius 2 is 0.818 bits per heavy atom. The number of benzene rings is 3. The van der Waals surface area contributed by atoms with Crippen LogP contribution in [-0.4, -0.2) is 213 Å². The van der Waals surface area contributed by atoms with Crippen molar-refractivity contribution in [2.75, 3.05) is 87.8 Å². The van der Waals surface area contributed by atoms with E-state index in [1.165, 1.54) is 24.1 Å². The number of piperidine rings is 2. The summed E-state index contributed by atoms with van der Waals surface area (Å²) in [6.45, 7) is 6.91. The topological polar surface area (TPSA) is 291 Å². The molecular weight excluding hydrogens is 1420 g/mol. The van der Waals surface area contributed by atoms with Gasteiger partial charge in [0.2, 0.25) is 15.9 Å². The van der Waals surface area contributed by atoms with Crippen LogP contribution >= 0.6 is 0 Å². The number of likely N-dealkylation sites (tertiary alicyclic amines) is 1. The second-order valence-electron chi connectivity index (χ2n) is 28.8. The van der Waals surface area contributed by atoms with E-state index in [0.717, 1.165) is 135 Å². The molecule has 572 valence electrons. The number of nitrogens with one attached hydrogen (secondary N) is 3. The van der Waals surface area contributed by atoms with Crippen LogP contribution in [-0.2, 0) is 61.8 Å². The van der Waals surface area contributed by atoms with E-state index >= 15 is 0 Å². The van der Waals surface area contributed by atoms with Gasteiger partial charge in [-0.2, -0.15) is 34.9 Å². The lowest BCUT2D eigenvalue weighted by atomic mass is 9.89. The van der Waals surface area contributed by atoms with Crippen LogP contribution in [0.3, 0.4) is 0 Å². The predicted molar refractivity (Wildman–Crippen MR) is 419 cm³/mol. The summed E-state index contributed by atoms with van der Waals surface area (Å²) in [5, 5.41) is 36.2. The van der Waals surface area contributed by atoms with E-state index in [2.05, 4.69) is 85.7 Å². The average molecular weight is 1510 g/mol. The van der Waals surface area contributed by atoms with Gasteiger partial charge in [-0.05, 0) is 73.4 Å². The maximum Gasteiger partial charge on any atom is 0.219 e. The molecular formula is C79H92F2N24O4S. The van der Waals surface area contributed by atoms with Crippen LogP contribution in [0.1, 0.15) is 45.4 Å². The predicted octanol–water partition coefficient (Wildman–Crippen LogP) is 10.5. The lowest BCUT2D eigenvalue weighted by Gasteiger charge is -2.39. The molecule has 0 bridgehead atoms. The number of alkyl halides is 2. The molecule has 9 aromatic heterocycles. The first-order chi connectivity index (χ1) is 53.2. The third kappa shape index (κ3) is 18.4. The normalized spacial score (nSPS) is 19.1. The number of carbonyl (C=O) groups excluding carboxylic acids is 1. The fourth-order valence-corrected chi connectivity index (χ4v) is 15.4. The van der Waals surface area contributed by atoms with Crippen molar-refractivity contribution in [1.29, 1.82) is 0 Å². The number of ether oxygens (including phenoxy) is 1. The van der Waals surface area contributed by atoms with E-state index in [1.807, 2.05) is 162 Å². The summed E-state index contributed by atoms with van der Waals surface area (Å²) in [5.41, 5.74) is 14.1. The number of rotatable bonds is 19. The summed E-state index contributed by atoms with van der Waals surface area (Å²) in [7, 11) is 7.90. The number of morpholine rings is 1. The molecule has 3 saturated heterocycles. The molecule has 12 aromatic rings. The number of amides is 1. The number of nitrogens with zero attached hydrogens (tertiary/aromatic N) is 21. The summed E-state index contributed by atoms with van der Waals surface area (Å²) < 4.78 is 70.7. The van der Waals surface area contributed by atoms with Crippen molar-refractivity contribution in [2.24, 2.45) is 54.1 Å². The highest BCUT2D eigenvalue weighted by molar-refractivity contribution is 7.88. The molecule has 110 heavy (non-hydrogen) atoms. The summed E-state index contributed by atoms with van der Waals surface area (Å²) in [4.78, 5) is 44.6. The zero-order valence-electron chi connectivity index (χ0n) is 63.1. The fourth-order valence-electron chi connectivity index (χ4n) is 14.6. The number of hydrogen-bond acceptors (Lipinski definition) is 20. The highest BCUT2D eigenvalue weighted by Gasteiger charge is 2.35. The Morgan fingerprint density at radius 3 is 1.18 bits per heavy atom. The van der Waals surface area contributed by atoms with Gasteiger partial charge >= 0.3 is 0 Å². The van der Waals surface area contributed by atoms with E-state index in [4.69, 9.17) is 24.7 Å². The second-order valence-corrected chi connectivity index (χ2v) is 30.8. The van der Waals surface area contributed by atoms with Crippen molar-refractivity contribution in [3.05, 3.63) is 166 Å². The van der Waals surface area contributed by atoms with Crippen LogP contribution in [0.15, 0.2) is 166 Å². The smallest absolute Gasteiger partial charge is 0.219 e.